The first kappa shape index (κ1) is 17.9. The second-order valence-electron chi connectivity index (χ2n) is 5.45. The Kier molecular flexibility index (Phi) is 6.75. The third-order valence-corrected chi connectivity index (χ3v) is 3.83. The Labute approximate surface area is 146 Å². The van der Waals surface area contributed by atoms with Crippen molar-refractivity contribution in [1.29, 1.82) is 0 Å². The number of hydrogen-bond acceptors (Lipinski definition) is 3. The van der Waals surface area contributed by atoms with E-state index < -0.39 is 0 Å². The van der Waals surface area contributed by atoms with E-state index in [1.54, 1.807) is 29.4 Å². The second-order valence-corrected chi connectivity index (χ2v) is 5.89. The van der Waals surface area contributed by atoms with Crippen LogP contribution in [0.2, 0.25) is 5.02 Å². The molecule has 0 bridgehead atoms. The van der Waals surface area contributed by atoms with Gasteiger partial charge in [0.2, 0.25) is 11.8 Å². The number of rotatable bonds is 7. The van der Waals surface area contributed by atoms with Crippen LogP contribution < -0.4 is 5.32 Å². The standard InChI is InChI=1S/C18H20ClN3O2/c1-14(23)22(13-16-6-9-20-10-7-16)11-8-18(24)21-12-15-2-4-17(19)5-3-15/h2-7,9-10H,8,11-13H2,1H3,(H,21,24). The average Bonchev–Trinajstić information content (AvgIpc) is 2.58. The van der Waals surface area contributed by atoms with E-state index in [0.29, 0.717) is 24.7 Å². The summed E-state index contributed by atoms with van der Waals surface area (Å²) in [5, 5.41) is 3.51. The Morgan fingerprint density at radius 2 is 1.75 bits per heavy atom. The molecule has 0 aliphatic carbocycles. The largest absolute Gasteiger partial charge is 0.352 e. The number of amides is 2. The molecule has 1 aromatic heterocycles. The van der Waals surface area contributed by atoms with Gasteiger partial charge in [0.05, 0.1) is 0 Å². The van der Waals surface area contributed by atoms with Gasteiger partial charge in [0, 0.05) is 50.4 Å². The summed E-state index contributed by atoms with van der Waals surface area (Å²) < 4.78 is 0. The van der Waals surface area contributed by atoms with Crippen LogP contribution in [0.3, 0.4) is 0 Å². The van der Waals surface area contributed by atoms with E-state index in [2.05, 4.69) is 10.3 Å². The van der Waals surface area contributed by atoms with Gasteiger partial charge in [0.25, 0.3) is 0 Å². The molecule has 0 spiro atoms. The number of nitrogens with zero attached hydrogens (tertiary/aromatic N) is 2. The van der Waals surface area contributed by atoms with Gasteiger partial charge in [-0.3, -0.25) is 14.6 Å². The lowest BCUT2D eigenvalue weighted by atomic mass is 10.2. The molecule has 0 saturated heterocycles. The highest BCUT2D eigenvalue weighted by Crippen LogP contribution is 2.09. The highest BCUT2D eigenvalue weighted by molar-refractivity contribution is 6.30. The van der Waals surface area contributed by atoms with Crippen molar-refractivity contribution in [3.8, 4) is 0 Å². The average molecular weight is 346 g/mol. The first-order chi connectivity index (χ1) is 11.5. The maximum Gasteiger partial charge on any atom is 0.222 e. The number of benzene rings is 1. The predicted octanol–water partition coefficient (Wildman–Crippen LogP) is 2.79. The maximum absolute atomic E-state index is 12.0. The van der Waals surface area contributed by atoms with Gasteiger partial charge < -0.3 is 10.2 Å². The molecule has 0 saturated carbocycles. The number of pyridine rings is 1. The lowest BCUT2D eigenvalue weighted by Crippen LogP contribution is -2.33. The van der Waals surface area contributed by atoms with E-state index in [1.807, 2.05) is 24.3 Å². The van der Waals surface area contributed by atoms with Crippen molar-refractivity contribution in [1.82, 2.24) is 15.2 Å². The van der Waals surface area contributed by atoms with Crippen LogP contribution in [-0.2, 0) is 22.7 Å². The van der Waals surface area contributed by atoms with Gasteiger partial charge >= 0.3 is 0 Å². The van der Waals surface area contributed by atoms with Crippen LogP contribution >= 0.6 is 11.6 Å². The number of halogens is 1. The molecule has 5 nitrogen and oxygen atoms in total. The van der Waals surface area contributed by atoms with Crippen molar-refractivity contribution in [3.63, 3.8) is 0 Å². The van der Waals surface area contributed by atoms with Gasteiger partial charge in [-0.15, -0.1) is 0 Å². The molecule has 0 radical (unpaired) electrons. The Hall–Kier alpha value is -2.40. The van der Waals surface area contributed by atoms with Crippen LogP contribution in [0.15, 0.2) is 48.8 Å². The summed E-state index contributed by atoms with van der Waals surface area (Å²) in [6.07, 6.45) is 3.64. The molecule has 0 atom stereocenters. The number of nitrogens with one attached hydrogen (secondary N) is 1. The van der Waals surface area contributed by atoms with Crippen LogP contribution in [-0.4, -0.2) is 28.2 Å². The lowest BCUT2D eigenvalue weighted by Gasteiger charge is -2.20. The zero-order valence-corrected chi connectivity index (χ0v) is 14.3. The molecule has 24 heavy (non-hydrogen) atoms. The zero-order chi connectivity index (χ0) is 17.4. The van der Waals surface area contributed by atoms with Crippen molar-refractivity contribution < 1.29 is 9.59 Å². The van der Waals surface area contributed by atoms with Gasteiger partial charge in [-0.2, -0.15) is 0 Å². The molecule has 2 aromatic rings. The summed E-state index contributed by atoms with van der Waals surface area (Å²) in [6, 6.07) is 11.0. The minimum atomic E-state index is -0.0917. The molecule has 2 rings (SSSR count). The number of carbonyl (C=O) groups is 2. The normalized spacial score (nSPS) is 10.2. The summed E-state index contributed by atoms with van der Waals surface area (Å²) >= 11 is 5.83. The summed E-state index contributed by atoms with van der Waals surface area (Å²) in [5.74, 6) is -0.150. The van der Waals surface area contributed by atoms with Crippen LogP contribution in [0.25, 0.3) is 0 Å². The smallest absolute Gasteiger partial charge is 0.222 e. The monoisotopic (exact) mass is 345 g/mol. The Morgan fingerprint density at radius 3 is 2.38 bits per heavy atom. The van der Waals surface area contributed by atoms with Crippen LogP contribution in [0.4, 0.5) is 0 Å². The molecule has 1 heterocycles. The van der Waals surface area contributed by atoms with Crippen molar-refractivity contribution in [3.05, 3.63) is 64.9 Å². The molecular formula is C18H20ClN3O2. The third-order valence-electron chi connectivity index (χ3n) is 3.58. The lowest BCUT2D eigenvalue weighted by molar-refractivity contribution is -0.130. The first-order valence-corrected chi connectivity index (χ1v) is 8.08. The predicted molar refractivity (Wildman–Crippen MR) is 93.2 cm³/mol. The van der Waals surface area contributed by atoms with Crippen molar-refractivity contribution in [2.75, 3.05) is 6.54 Å². The summed E-state index contributed by atoms with van der Waals surface area (Å²) in [5.41, 5.74) is 1.97. The molecule has 0 unspecified atom stereocenters. The topological polar surface area (TPSA) is 62.3 Å². The molecule has 0 aliphatic heterocycles. The zero-order valence-electron chi connectivity index (χ0n) is 13.5. The van der Waals surface area contributed by atoms with E-state index in [1.165, 1.54) is 6.92 Å². The van der Waals surface area contributed by atoms with Crippen LogP contribution in [0, 0.1) is 0 Å². The number of aromatic nitrogens is 1. The van der Waals surface area contributed by atoms with Gasteiger partial charge in [0.1, 0.15) is 0 Å². The van der Waals surface area contributed by atoms with E-state index in [-0.39, 0.29) is 18.2 Å². The van der Waals surface area contributed by atoms with Gasteiger partial charge in [-0.05, 0) is 35.4 Å². The van der Waals surface area contributed by atoms with E-state index in [9.17, 15) is 9.59 Å². The summed E-state index contributed by atoms with van der Waals surface area (Å²) in [7, 11) is 0. The fourth-order valence-corrected chi connectivity index (χ4v) is 2.31. The highest BCUT2D eigenvalue weighted by Gasteiger charge is 2.11. The molecule has 1 aromatic carbocycles. The third kappa shape index (κ3) is 6.01. The SMILES string of the molecule is CC(=O)N(CCC(=O)NCc1ccc(Cl)cc1)Cc1ccncc1. The molecule has 0 fully saturated rings. The van der Waals surface area contributed by atoms with E-state index >= 15 is 0 Å². The van der Waals surface area contributed by atoms with Crippen LogP contribution in [0.1, 0.15) is 24.5 Å². The minimum absolute atomic E-state index is 0.0580. The van der Waals surface area contributed by atoms with Crippen molar-refractivity contribution in [2.45, 2.75) is 26.4 Å². The summed E-state index contributed by atoms with van der Waals surface area (Å²) in [4.78, 5) is 29.3. The molecular weight excluding hydrogens is 326 g/mol. The fraction of sp³-hybridized carbons (Fsp3) is 0.278. The second kappa shape index (κ2) is 9.03. The highest BCUT2D eigenvalue weighted by atomic mass is 35.5. The quantitative estimate of drug-likeness (QED) is 0.839. The fourth-order valence-electron chi connectivity index (χ4n) is 2.18. The Morgan fingerprint density at radius 1 is 1.08 bits per heavy atom. The molecule has 6 heteroatoms. The van der Waals surface area contributed by atoms with E-state index in [4.69, 9.17) is 11.6 Å². The maximum atomic E-state index is 12.0. The molecule has 0 aliphatic rings. The van der Waals surface area contributed by atoms with Gasteiger partial charge in [-0.25, -0.2) is 0 Å². The Bertz CT molecular complexity index is 674. The van der Waals surface area contributed by atoms with Crippen molar-refractivity contribution in [2.24, 2.45) is 0 Å². The number of carbonyl (C=O) groups excluding carboxylic acids is 2. The van der Waals surface area contributed by atoms with Crippen molar-refractivity contribution >= 4 is 23.4 Å². The summed E-state index contributed by atoms with van der Waals surface area (Å²) in [6.45, 7) is 2.81. The van der Waals surface area contributed by atoms with Crippen LogP contribution in [0.5, 0.6) is 0 Å². The number of hydrogen-bond donors (Lipinski definition) is 1. The van der Waals surface area contributed by atoms with Gasteiger partial charge in [0.15, 0.2) is 0 Å². The Balaban J connectivity index is 1.79. The molecule has 2 amide bonds. The first-order valence-electron chi connectivity index (χ1n) is 7.70. The molecule has 1 N–H and O–H groups in total. The minimum Gasteiger partial charge on any atom is -0.352 e. The molecule has 126 valence electrons. The van der Waals surface area contributed by atoms with Gasteiger partial charge in [-0.1, -0.05) is 23.7 Å². The van der Waals surface area contributed by atoms with E-state index in [0.717, 1.165) is 11.1 Å².